The van der Waals surface area contributed by atoms with Crippen LogP contribution in [0.2, 0.25) is 0 Å². The number of aliphatic hydroxyl groups is 1. The van der Waals surface area contributed by atoms with Gasteiger partial charge in [0.1, 0.15) is 6.10 Å². The van der Waals surface area contributed by atoms with Crippen molar-refractivity contribution in [3.05, 3.63) is 46.0 Å². The van der Waals surface area contributed by atoms with E-state index in [2.05, 4.69) is 6.58 Å². The Hall–Kier alpha value is -2.41. The second-order valence-corrected chi connectivity index (χ2v) is 3.84. The van der Waals surface area contributed by atoms with Crippen LogP contribution in [-0.2, 0) is 9.53 Å². The Morgan fingerprint density at radius 1 is 1.55 bits per heavy atom. The third-order valence-corrected chi connectivity index (χ3v) is 2.58. The molecule has 108 valence electrons. The Labute approximate surface area is 115 Å². The Bertz CT molecular complexity index is 540. The second kappa shape index (κ2) is 6.67. The third-order valence-electron chi connectivity index (χ3n) is 2.58. The van der Waals surface area contributed by atoms with E-state index in [9.17, 15) is 20.0 Å². The van der Waals surface area contributed by atoms with Gasteiger partial charge in [-0.25, -0.2) is 4.79 Å². The van der Waals surface area contributed by atoms with E-state index >= 15 is 0 Å². The molecule has 0 fully saturated rings. The summed E-state index contributed by atoms with van der Waals surface area (Å²) in [5, 5.41) is 20.9. The van der Waals surface area contributed by atoms with Crippen LogP contribution in [0.4, 0.5) is 5.69 Å². The number of carbonyl (C=O) groups excluding carboxylic acids is 1. The van der Waals surface area contributed by atoms with Crippen molar-refractivity contribution in [3.8, 4) is 5.75 Å². The summed E-state index contributed by atoms with van der Waals surface area (Å²) in [4.78, 5) is 21.7. The van der Waals surface area contributed by atoms with E-state index in [1.807, 2.05) is 0 Å². The molecule has 1 aromatic rings. The van der Waals surface area contributed by atoms with Crippen LogP contribution in [-0.4, -0.2) is 29.7 Å². The van der Waals surface area contributed by atoms with E-state index in [-0.39, 0.29) is 29.2 Å². The van der Waals surface area contributed by atoms with Crippen molar-refractivity contribution in [1.29, 1.82) is 0 Å². The quantitative estimate of drug-likeness (QED) is 0.369. The van der Waals surface area contributed by atoms with Crippen molar-refractivity contribution in [1.82, 2.24) is 0 Å². The molecule has 1 atom stereocenters. The van der Waals surface area contributed by atoms with Crippen LogP contribution in [0.1, 0.15) is 18.6 Å². The van der Waals surface area contributed by atoms with Crippen LogP contribution in [0.3, 0.4) is 0 Å². The van der Waals surface area contributed by atoms with Crippen LogP contribution in [0.15, 0.2) is 30.4 Å². The van der Waals surface area contributed by atoms with E-state index in [1.165, 1.54) is 19.2 Å². The van der Waals surface area contributed by atoms with Crippen molar-refractivity contribution < 1.29 is 24.3 Å². The molecule has 0 saturated heterocycles. The Kier molecular flexibility index (Phi) is 5.22. The van der Waals surface area contributed by atoms with Crippen molar-refractivity contribution in [2.45, 2.75) is 13.0 Å². The van der Waals surface area contributed by atoms with Crippen molar-refractivity contribution in [2.75, 3.05) is 13.7 Å². The number of hydrogen-bond donors (Lipinski definition) is 1. The Morgan fingerprint density at radius 3 is 2.70 bits per heavy atom. The molecule has 20 heavy (non-hydrogen) atoms. The lowest BCUT2D eigenvalue weighted by Crippen LogP contribution is -2.14. The lowest BCUT2D eigenvalue weighted by atomic mass is 10.0. The predicted molar refractivity (Wildman–Crippen MR) is 70.4 cm³/mol. The molecule has 0 aromatic heterocycles. The topological polar surface area (TPSA) is 98.9 Å². The molecule has 0 saturated carbocycles. The molecule has 0 amide bonds. The monoisotopic (exact) mass is 281 g/mol. The second-order valence-electron chi connectivity index (χ2n) is 3.84. The number of benzene rings is 1. The summed E-state index contributed by atoms with van der Waals surface area (Å²) < 4.78 is 9.56. The number of nitro benzene ring substituents is 1. The van der Waals surface area contributed by atoms with Gasteiger partial charge in [0, 0.05) is 6.07 Å². The van der Waals surface area contributed by atoms with Crippen LogP contribution in [0, 0.1) is 10.1 Å². The van der Waals surface area contributed by atoms with Crippen LogP contribution < -0.4 is 4.74 Å². The number of ether oxygens (including phenoxy) is 2. The average Bonchev–Trinajstić information content (AvgIpc) is 2.45. The summed E-state index contributed by atoms with van der Waals surface area (Å²) in [6.45, 7) is 5.21. The third kappa shape index (κ3) is 3.33. The molecule has 1 aromatic carbocycles. The number of esters is 1. The highest BCUT2D eigenvalue weighted by molar-refractivity contribution is 5.89. The first-order valence-electron chi connectivity index (χ1n) is 5.78. The minimum Gasteiger partial charge on any atom is -0.490 e. The van der Waals surface area contributed by atoms with Gasteiger partial charge in [-0.05, 0) is 18.6 Å². The summed E-state index contributed by atoms with van der Waals surface area (Å²) >= 11 is 0. The van der Waals surface area contributed by atoms with Gasteiger partial charge in [0.25, 0.3) is 0 Å². The highest BCUT2D eigenvalue weighted by Gasteiger charge is 2.23. The molecule has 0 aliphatic carbocycles. The van der Waals surface area contributed by atoms with Gasteiger partial charge in [0.2, 0.25) is 0 Å². The number of aliphatic hydroxyl groups excluding tert-OH is 1. The standard InChI is InChI=1S/C13H15NO6/c1-4-20-13(16)8(2)12(15)9-5-6-11(19-3)10(7-9)14(17)18/h5-7,12,15H,2,4H2,1,3H3. The summed E-state index contributed by atoms with van der Waals surface area (Å²) in [6, 6.07) is 3.89. The molecule has 0 aliphatic heterocycles. The normalized spacial score (nSPS) is 11.6. The lowest BCUT2D eigenvalue weighted by Gasteiger charge is -2.13. The molecule has 1 unspecified atom stereocenters. The molecule has 1 rings (SSSR count). The molecule has 0 bridgehead atoms. The number of methoxy groups -OCH3 is 1. The lowest BCUT2D eigenvalue weighted by molar-refractivity contribution is -0.385. The molecule has 0 aliphatic rings. The Morgan fingerprint density at radius 2 is 2.20 bits per heavy atom. The maximum atomic E-state index is 11.5. The molecule has 7 heteroatoms. The van der Waals surface area contributed by atoms with E-state index in [0.29, 0.717) is 0 Å². The number of nitro groups is 1. The summed E-state index contributed by atoms with van der Waals surface area (Å²) in [5.74, 6) is -0.689. The highest BCUT2D eigenvalue weighted by Crippen LogP contribution is 2.31. The van der Waals surface area contributed by atoms with Gasteiger partial charge in [-0.1, -0.05) is 12.6 Å². The fourth-order valence-corrected chi connectivity index (χ4v) is 1.56. The minimum atomic E-state index is -1.38. The maximum Gasteiger partial charge on any atom is 0.336 e. The van der Waals surface area contributed by atoms with Gasteiger partial charge >= 0.3 is 11.7 Å². The van der Waals surface area contributed by atoms with Crippen molar-refractivity contribution >= 4 is 11.7 Å². The van der Waals surface area contributed by atoms with Gasteiger partial charge in [-0.15, -0.1) is 0 Å². The van der Waals surface area contributed by atoms with E-state index in [1.54, 1.807) is 6.92 Å². The van der Waals surface area contributed by atoms with Crippen LogP contribution in [0.25, 0.3) is 0 Å². The first kappa shape index (κ1) is 15.6. The molecule has 1 N–H and O–H groups in total. The summed E-state index contributed by atoms with van der Waals surface area (Å²) in [5.41, 5.74) is -0.331. The zero-order chi connectivity index (χ0) is 15.3. The van der Waals surface area contributed by atoms with Gasteiger partial charge in [-0.3, -0.25) is 10.1 Å². The Balaban J connectivity index is 3.08. The van der Waals surface area contributed by atoms with Crippen molar-refractivity contribution in [2.24, 2.45) is 0 Å². The fourth-order valence-electron chi connectivity index (χ4n) is 1.56. The SMILES string of the molecule is C=C(C(=O)OCC)C(O)c1ccc(OC)c([N+](=O)[O-])c1. The van der Waals surface area contributed by atoms with Gasteiger partial charge in [-0.2, -0.15) is 0 Å². The first-order valence-corrected chi connectivity index (χ1v) is 5.78. The minimum absolute atomic E-state index is 0.0627. The fraction of sp³-hybridized carbons (Fsp3) is 0.308. The van der Waals surface area contributed by atoms with Gasteiger partial charge < -0.3 is 14.6 Å². The number of nitrogens with zero attached hydrogens (tertiary/aromatic N) is 1. The number of hydrogen-bond acceptors (Lipinski definition) is 6. The summed E-state index contributed by atoms with van der Waals surface area (Å²) in [7, 11) is 1.30. The average molecular weight is 281 g/mol. The number of carbonyl (C=O) groups is 1. The van der Waals surface area contributed by atoms with E-state index < -0.39 is 17.0 Å². The molecule has 7 nitrogen and oxygen atoms in total. The first-order chi connectivity index (χ1) is 9.42. The van der Waals surface area contributed by atoms with Gasteiger partial charge in [0.15, 0.2) is 5.75 Å². The molecular weight excluding hydrogens is 266 g/mol. The smallest absolute Gasteiger partial charge is 0.336 e. The van der Waals surface area contributed by atoms with Crippen LogP contribution >= 0.6 is 0 Å². The zero-order valence-corrected chi connectivity index (χ0v) is 11.2. The molecule has 0 spiro atoms. The maximum absolute atomic E-state index is 11.5. The highest BCUT2D eigenvalue weighted by atomic mass is 16.6. The molecule has 0 radical (unpaired) electrons. The summed E-state index contributed by atoms with van der Waals surface area (Å²) in [6.07, 6.45) is -1.38. The van der Waals surface area contributed by atoms with Crippen molar-refractivity contribution in [3.63, 3.8) is 0 Å². The van der Waals surface area contributed by atoms with E-state index in [4.69, 9.17) is 9.47 Å². The number of rotatable bonds is 6. The zero-order valence-electron chi connectivity index (χ0n) is 11.2. The van der Waals surface area contributed by atoms with E-state index in [0.717, 1.165) is 6.07 Å². The molecule has 0 heterocycles. The largest absolute Gasteiger partial charge is 0.490 e. The van der Waals surface area contributed by atoms with Gasteiger partial charge in [0.05, 0.1) is 24.2 Å². The van der Waals surface area contributed by atoms with Crippen LogP contribution in [0.5, 0.6) is 5.75 Å². The predicted octanol–water partition coefficient (Wildman–Crippen LogP) is 1.76. The molecular formula is C13H15NO6.